The van der Waals surface area contributed by atoms with Crippen LogP contribution in [0, 0.1) is 11.3 Å². The SMILES string of the molecule is N#Cc1ccc(S(=O)(=O)N2CCN(C(=O)c3cc(O)c(O)c(O)c3)C(C(N)=O)C2)cc1. The van der Waals surface area contributed by atoms with E-state index in [0.717, 1.165) is 21.3 Å². The van der Waals surface area contributed by atoms with Crippen molar-refractivity contribution < 1.29 is 33.3 Å². The van der Waals surface area contributed by atoms with Gasteiger partial charge in [0.05, 0.1) is 16.5 Å². The zero-order chi connectivity index (χ0) is 22.9. The Bertz CT molecular complexity index is 1170. The van der Waals surface area contributed by atoms with E-state index in [1.807, 2.05) is 6.07 Å². The van der Waals surface area contributed by atoms with Crippen LogP contribution in [-0.2, 0) is 14.8 Å². The summed E-state index contributed by atoms with van der Waals surface area (Å²) in [5.74, 6) is -4.01. The van der Waals surface area contributed by atoms with E-state index in [4.69, 9.17) is 11.0 Å². The molecule has 31 heavy (non-hydrogen) atoms. The maximum absolute atomic E-state index is 12.9. The van der Waals surface area contributed by atoms with Gasteiger partial charge in [0.25, 0.3) is 5.91 Å². The average Bonchev–Trinajstić information content (AvgIpc) is 2.76. The van der Waals surface area contributed by atoms with Gasteiger partial charge < -0.3 is 26.0 Å². The first-order valence-corrected chi connectivity index (χ1v) is 10.4. The van der Waals surface area contributed by atoms with Crippen LogP contribution in [0.25, 0.3) is 0 Å². The molecule has 1 unspecified atom stereocenters. The Morgan fingerprint density at radius 3 is 2.16 bits per heavy atom. The summed E-state index contributed by atoms with van der Waals surface area (Å²) in [6.07, 6.45) is 0. The number of nitrogens with two attached hydrogens (primary N) is 1. The number of phenolic OH excluding ortho intramolecular Hbond substituents is 3. The van der Waals surface area contributed by atoms with Crippen molar-refractivity contribution in [3.05, 3.63) is 47.5 Å². The third kappa shape index (κ3) is 4.09. The zero-order valence-corrected chi connectivity index (χ0v) is 16.8. The molecule has 1 heterocycles. The standard InChI is InChI=1S/C19H18N4O7S/c20-9-11-1-3-13(4-2-11)31(29,30)22-5-6-23(14(10-22)18(21)27)19(28)12-7-15(24)17(26)16(25)8-12/h1-4,7-8,14,24-26H,5-6,10H2,(H2,21,27). The average molecular weight is 446 g/mol. The Labute approximate surface area is 177 Å². The highest BCUT2D eigenvalue weighted by Gasteiger charge is 2.39. The maximum Gasteiger partial charge on any atom is 0.254 e. The van der Waals surface area contributed by atoms with Gasteiger partial charge in [-0.25, -0.2) is 8.42 Å². The van der Waals surface area contributed by atoms with E-state index in [-0.39, 0.29) is 29.1 Å². The fourth-order valence-electron chi connectivity index (χ4n) is 3.21. The maximum atomic E-state index is 12.9. The number of hydrogen-bond donors (Lipinski definition) is 4. The summed E-state index contributed by atoms with van der Waals surface area (Å²) < 4.78 is 26.9. The first-order chi connectivity index (χ1) is 14.6. The number of piperazine rings is 1. The topological polar surface area (TPSA) is 185 Å². The number of carbonyl (C=O) groups is 2. The summed E-state index contributed by atoms with van der Waals surface area (Å²) in [7, 11) is -4.02. The third-order valence-electron chi connectivity index (χ3n) is 4.87. The highest BCUT2D eigenvalue weighted by atomic mass is 32.2. The lowest BCUT2D eigenvalue weighted by Crippen LogP contribution is -2.60. The summed E-state index contributed by atoms with van der Waals surface area (Å²) in [6.45, 7) is -0.738. The van der Waals surface area contributed by atoms with Crippen LogP contribution >= 0.6 is 0 Å². The molecule has 5 N–H and O–H groups in total. The molecule has 2 aromatic carbocycles. The number of carbonyl (C=O) groups excluding carboxylic acids is 2. The number of hydrogen-bond acceptors (Lipinski definition) is 8. The van der Waals surface area contributed by atoms with Gasteiger partial charge in [-0.15, -0.1) is 0 Å². The summed E-state index contributed by atoms with van der Waals surface area (Å²) in [5.41, 5.74) is 5.47. The lowest BCUT2D eigenvalue weighted by atomic mass is 10.1. The van der Waals surface area contributed by atoms with Crippen molar-refractivity contribution in [3.8, 4) is 23.3 Å². The van der Waals surface area contributed by atoms with Crippen LogP contribution in [0.2, 0.25) is 0 Å². The minimum atomic E-state index is -4.02. The van der Waals surface area contributed by atoms with Gasteiger partial charge in [0.1, 0.15) is 6.04 Å². The molecule has 1 fully saturated rings. The number of nitriles is 1. The molecule has 0 saturated carbocycles. The number of sulfonamides is 1. The van der Waals surface area contributed by atoms with Gasteiger partial charge in [-0.2, -0.15) is 9.57 Å². The van der Waals surface area contributed by atoms with Crippen molar-refractivity contribution in [2.45, 2.75) is 10.9 Å². The number of primary amides is 1. The summed E-state index contributed by atoms with van der Waals surface area (Å²) in [4.78, 5) is 25.8. The van der Waals surface area contributed by atoms with Crippen LogP contribution in [0.15, 0.2) is 41.3 Å². The van der Waals surface area contributed by atoms with Gasteiger partial charge in [0, 0.05) is 25.2 Å². The predicted molar refractivity (Wildman–Crippen MR) is 105 cm³/mol. The second-order valence-corrected chi connectivity index (χ2v) is 8.72. The molecule has 11 nitrogen and oxygen atoms in total. The third-order valence-corrected chi connectivity index (χ3v) is 6.75. The fraction of sp³-hybridized carbons (Fsp3) is 0.211. The van der Waals surface area contributed by atoms with Gasteiger partial charge in [0.15, 0.2) is 17.2 Å². The fourth-order valence-corrected chi connectivity index (χ4v) is 4.64. The van der Waals surface area contributed by atoms with Crippen LogP contribution in [-0.4, -0.2) is 70.4 Å². The molecule has 2 amide bonds. The smallest absolute Gasteiger partial charge is 0.254 e. The Morgan fingerprint density at radius 1 is 1.06 bits per heavy atom. The Hall–Kier alpha value is -3.82. The first kappa shape index (κ1) is 21.9. The summed E-state index contributed by atoms with van der Waals surface area (Å²) >= 11 is 0. The van der Waals surface area contributed by atoms with E-state index in [9.17, 15) is 33.3 Å². The molecule has 2 aromatic rings. The van der Waals surface area contributed by atoms with Crippen molar-refractivity contribution in [1.82, 2.24) is 9.21 Å². The minimum Gasteiger partial charge on any atom is -0.504 e. The van der Waals surface area contributed by atoms with Crippen LogP contribution in [0.3, 0.4) is 0 Å². The zero-order valence-electron chi connectivity index (χ0n) is 16.0. The van der Waals surface area contributed by atoms with Crippen molar-refractivity contribution in [1.29, 1.82) is 5.26 Å². The highest BCUT2D eigenvalue weighted by molar-refractivity contribution is 7.89. The molecule has 12 heteroatoms. The van der Waals surface area contributed by atoms with Gasteiger partial charge in [-0.1, -0.05) is 0 Å². The number of rotatable bonds is 4. The number of amides is 2. The Kier molecular flexibility index (Phi) is 5.74. The van der Waals surface area contributed by atoms with Crippen molar-refractivity contribution in [2.24, 2.45) is 5.73 Å². The van der Waals surface area contributed by atoms with Gasteiger partial charge in [0.2, 0.25) is 15.9 Å². The van der Waals surface area contributed by atoms with Gasteiger partial charge in [-0.05, 0) is 36.4 Å². The second kappa shape index (κ2) is 8.13. The van der Waals surface area contributed by atoms with E-state index in [2.05, 4.69) is 0 Å². The Morgan fingerprint density at radius 2 is 1.65 bits per heavy atom. The van der Waals surface area contributed by atoms with E-state index in [0.29, 0.717) is 0 Å². The molecule has 1 aliphatic rings. The molecular formula is C19H18N4O7S. The number of nitrogens with zero attached hydrogens (tertiary/aromatic N) is 3. The van der Waals surface area contributed by atoms with Crippen LogP contribution in [0.4, 0.5) is 0 Å². The second-order valence-electron chi connectivity index (χ2n) is 6.78. The van der Waals surface area contributed by atoms with E-state index >= 15 is 0 Å². The lowest BCUT2D eigenvalue weighted by molar-refractivity contribution is -0.123. The molecule has 0 bridgehead atoms. The molecule has 0 radical (unpaired) electrons. The van der Waals surface area contributed by atoms with Crippen LogP contribution in [0.1, 0.15) is 15.9 Å². The van der Waals surface area contributed by atoms with E-state index in [1.165, 1.54) is 24.3 Å². The molecule has 1 aliphatic heterocycles. The Balaban J connectivity index is 1.88. The van der Waals surface area contributed by atoms with Crippen molar-refractivity contribution in [2.75, 3.05) is 19.6 Å². The largest absolute Gasteiger partial charge is 0.504 e. The quantitative estimate of drug-likeness (QED) is 0.460. The summed E-state index contributed by atoms with van der Waals surface area (Å²) in [6, 6.07) is 7.64. The van der Waals surface area contributed by atoms with Gasteiger partial charge >= 0.3 is 0 Å². The minimum absolute atomic E-state index is 0.0807. The number of phenols is 3. The monoisotopic (exact) mass is 446 g/mol. The molecule has 1 saturated heterocycles. The van der Waals surface area contributed by atoms with Crippen LogP contribution in [0.5, 0.6) is 17.2 Å². The summed E-state index contributed by atoms with van der Waals surface area (Å²) in [5, 5.41) is 37.6. The normalized spacial score (nSPS) is 17.1. The van der Waals surface area contributed by atoms with Crippen molar-refractivity contribution >= 4 is 21.8 Å². The highest BCUT2D eigenvalue weighted by Crippen LogP contribution is 2.36. The molecule has 1 atom stereocenters. The molecule has 162 valence electrons. The molecule has 0 aromatic heterocycles. The number of benzene rings is 2. The lowest BCUT2D eigenvalue weighted by Gasteiger charge is -2.39. The first-order valence-electron chi connectivity index (χ1n) is 8.91. The molecular weight excluding hydrogens is 428 g/mol. The van der Waals surface area contributed by atoms with Gasteiger partial charge in [-0.3, -0.25) is 9.59 Å². The van der Waals surface area contributed by atoms with E-state index in [1.54, 1.807) is 0 Å². The van der Waals surface area contributed by atoms with Crippen LogP contribution < -0.4 is 5.73 Å². The molecule has 3 rings (SSSR count). The molecule has 0 spiro atoms. The predicted octanol–water partition coefficient (Wildman–Crippen LogP) is -0.324. The number of aromatic hydroxyl groups is 3. The molecule has 0 aliphatic carbocycles. The van der Waals surface area contributed by atoms with E-state index < -0.39 is 51.7 Å². The van der Waals surface area contributed by atoms with Crippen molar-refractivity contribution in [3.63, 3.8) is 0 Å².